The van der Waals surface area contributed by atoms with Gasteiger partial charge in [0, 0.05) is 18.2 Å². The van der Waals surface area contributed by atoms with Crippen molar-refractivity contribution in [2.45, 2.75) is 45.6 Å². The van der Waals surface area contributed by atoms with Crippen molar-refractivity contribution in [2.75, 3.05) is 25.4 Å². The first-order valence-corrected chi connectivity index (χ1v) is 11.1. The third-order valence-electron chi connectivity index (χ3n) is 5.05. The van der Waals surface area contributed by atoms with E-state index in [9.17, 15) is 13.5 Å². The van der Waals surface area contributed by atoms with Gasteiger partial charge in [0.2, 0.25) is 10.0 Å². The summed E-state index contributed by atoms with van der Waals surface area (Å²) in [7, 11) is -3.47. The van der Waals surface area contributed by atoms with E-state index in [1.54, 1.807) is 0 Å². The second-order valence-electron chi connectivity index (χ2n) is 6.75. The Morgan fingerprint density at radius 1 is 1.23 bits per heavy atom. The number of benzene rings is 1. The predicted octanol–water partition coefficient (Wildman–Crippen LogP) is 2.53. The maximum Gasteiger partial charge on any atom is 0.248 e. The average molecular weight is 382 g/mol. The molecule has 1 fully saturated rings. The Labute approximate surface area is 157 Å². The quantitative estimate of drug-likeness (QED) is 0.644. The second kappa shape index (κ2) is 10.0. The standard InChI is InChI=1S/C19H31N3O3S/c1-3-22(4-2)14-15-26(24,25)21-20-18-13-9-8-12-17(18)19(23)16-10-6-5-7-11-16/h5-7,10-11,17,19,21,23H,3-4,8-9,12-15H2,1-2H3/b20-18+. The smallest absolute Gasteiger partial charge is 0.248 e. The van der Waals surface area contributed by atoms with Crippen LogP contribution in [0.5, 0.6) is 0 Å². The maximum absolute atomic E-state index is 12.2. The van der Waals surface area contributed by atoms with Crippen molar-refractivity contribution >= 4 is 15.7 Å². The van der Waals surface area contributed by atoms with E-state index in [1.165, 1.54) is 0 Å². The summed E-state index contributed by atoms with van der Waals surface area (Å²) >= 11 is 0. The number of hydrazone groups is 1. The molecule has 0 aliphatic heterocycles. The van der Waals surface area contributed by atoms with E-state index in [2.05, 4.69) is 14.8 Å². The molecule has 7 heteroatoms. The molecule has 2 atom stereocenters. The highest BCUT2D eigenvalue weighted by molar-refractivity contribution is 7.89. The summed E-state index contributed by atoms with van der Waals surface area (Å²) in [5.41, 5.74) is 1.59. The van der Waals surface area contributed by atoms with Crippen LogP contribution in [-0.4, -0.2) is 49.5 Å². The molecule has 1 aliphatic rings. The Morgan fingerprint density at radius 3 is 2.58 bits per heavy atom. The van der Waals surface area contributed by atoms with Crippen molar-refractivity contribution in [3.8, 4) is 0 Å². The first kappa shape index (κ1) is 20.9. The Morgan fingerprint density at radius 2 is 1.92 bits per heavy atom. The molecule has 6 nitrogen and oxygen atoms in total. The van der Waals surface area contributed by atoms with E-state index in [1.807, 2.05) is 44.2 Å². The lowest BCUT2D eigenvalue weighted by Crippen LogP contribution is -2.34. The molecular weight excluding hydrogens is 350 g/mol. The first-order chi connectivity index (χ1) is 12.5. The number of aliphatic hydroxyl groups excluding tert-OH is 1. The lowest BCUT2D eigenvalue weighted by Gasteiger charge is -2.28. The van der Waals surface area contributed by atoms with Gasteiger partial charge in [-0.3, -0.25) is 0 Å². The lowest BCUT2D eigenvalue weighted by molar-refractivity contribution is 0.129. The van der Waals surface area contributed by atoms with Crippen LogP contribution in [0.2, 0.25) is 0 Å². The molecule has 0 radical (unpaired) electrons. The van der Waals surface area contributed by atoms with Crippen LogP contribution in [-0.2, 0) is 10.0 Å². The topological polar surface area (TPSA) is 82.0 Å². The minimum Gasteiger partial charge on any atom is -0.388 e. The molecule has 146 valence electrons. The molecule has 0 amide bonds. The fourth-order valence-corrected chi connectivity index (χ4v) is 4.19. The minimum atomic E-state index is -3.47. The first-order valence-electron chi connectivity index (χ1n) is 9.48. The summed E-state index contributed by atoms with van der Waals surface area (Å²) in [6, 6.07) is 9.49. The van der Waals surface area contributed by atoms with Crippen molar-refractivity contribution < 1.29 is 13.5 Å². The molecule has 1 aromatic rings. The van der Waals surface area contributed by atoms with E-state index in [0.717, 1.165) is 43.6 Å². The van der Waals surface area contributed by atoms with Crippen molar-refractivity contribution in [3.63, 3.8) is 0 Å². The van der Waals surface area contributed by atoms with Gasteiger partial charge in [0.1, 0.15) is 0 Å². The van der Waals surface area contributed by atoms with Gasteiger partial charge in [0.15, 0.2) is 0 Å². The van der Waals surface area contributed by atoms with Gasteiger partial charge in [0.25, 0.3) is 0 Å². The van der Waals surface area contributed by atoms with Gasteiger partial charge in [-0.15, -0.1) is 0 Å². The molecule has 2 N–H and O–H groups in total. The van der Waals surface area contributed by atoms with E-state index < -0.39 is 16.1 Å². The van der Waals surface area contributed by atoms with Gasteiger partial charge in [-0.2, -0.15) is 5.10 Å². The Bertz CT molecular complexity index is 673. The zero-order valence-corrected chi connectivity index (χ0v) is 16.6. The molecular formula is C19H31N3O3S. The molecule has 0 heterocycles. The third kappa shape index (κ3) is 6.07. The monoisotopic (exact) mass is 381 g/mol. The molecule has 1 aromatic carbocycles. The van der Waals surface area contributed by atoms with Gasteiger partial charge < -0.3 is 10.0 Å². The number of hydrogen-bond donors (Lipinski definition) is 2. The molecule has 0 aromatic heterocycles. The maximum atomic E-state index is 12.2. The van der Waals surface area contributed by atoms with Crippen LogP contribution >= 0.6 is 0 Å². The number of nitrogens with one attached hydrogen (secondary N) is 1. The zero-order chi connectivity index (χ0) is 19.0. The average Bonchev–Trinajstić information content (AvgIpc) is 2.67. The van der Waals surface area contributed by atoms with Crippen LogP contribution in [0.4, 0.5) is 0 Å². The third-order valence-corrected chi connectivity index (χ3v) is 6.14. The highest BCUT2D eigenvalue weighted by Gasteiger charge is 2.29. The van der Waals surface area contributed by atoms with Crippen LogP contribution in [0.3, 0.4) is 0 Å². The fourth-order valence-electron chi connectivity index (χ4n) is 3.35. The molecule has 26 heavy (non-hydrogen) atoms. The van der Waals surface area contributed by atoms with Crippen molar-refractivity contribution in [2.24, 2.45) is 11.0 Å². The number of rotatable bonds is 9. The summed E-state index contributed by atoms with van der Waals surface area (Å²) in [5, 5.41) is 14.9. The Hall–Kier alpha value is -1.44. The summed E-state index contributed by atoms with van der Waals surface area (Å²) in [4.78, 5) is 4.46. The fraction of sp³-hybridized carbons (Fsp3) is 0.632. The van der Waals surface area contributed by atoms with Crippen LogP contribution in [0.1, 0.15) is 51.2 Å². The molecule has 2 rings (SSSR count). The minimum absolute atomic E-state index is 0.0252. The summed E-state index contributed by atoms with van der Waals surface area (Å²) < 4.78 is 24.5. The van der Waals surface area contributed by atoms with Gasteiger partial charge in [-0.05, 0) is 37.9 Å². The molecule has 2 unspecified atom stereocenters. The molecule has 0 saturated heterocycles. The SMILES string of the molecule is CCN(CC)CCS(=O)(=O)N/N=C1\CCCCC1C(O)c1ccccc1. The molecule has 0 spiro atoms. The van der Waals surface area contributed by atoms with Gasteiger partial charge in [-0.1, -0.05) is 50.6 Å². The Kier molecular flexibility index (Phi) is 8.06. The van der Waals surface area contributed by atoms with Gasteiger partial charge in [0.05, 0.1) is 11.9 Å². The number of sulfonamides is 1. The van der Waals surface area contributed by atoms with Crippen molar-refractivity contribution in [1.82, 2.24) is 9.73 Å². The normalized spacial score (nSPS) is 21.1. The highest BCUT2D eigenvalue weighted by Crippen LogP contribution is 2.32. The zero-order valence-electron chi connectivity index (χ0n) is 15.8. The number of aliphatic hydroxyl groups is 1. The van der Waals surface area contributed by atoms with Crippen molar-refractivity contribution in [3.05, 3.63) is 35.9 Å². The highest BCUT2D eigenvalue weighted by atomic mass is 32.2. The van der Waals surface area contributed by atoms with Crippen LogP contribution < -0.4 is 4.83 Å². The van der Waals surface area contributed by atoms with E-state index in [4.69, 9.17) is 0 Å². The lowest BCUT2D eigenvalue weighted by atomic mass is 9.81. The van der Waals surface area contributed by atoms with Crippen molar-refractivity contribution in [1.29, 1.82) is 0 Å². The van der Waals surface area contributed by atoms with E-state index in [-0.39, 0.29) is 11.7 Å². The van der Waals surface area contributed by atoms with Crippen LogP contribution in [0.25, 0.3) is 0 Å². The van der Waals surface area contributed by atoms with Crippen LogP contribution in [0, 0.1) is 5.92 Å². The Balaban J connectivity index is 2.04. The second-order valence-corrected chi connectivity index (χ2v) is 8.57. The summed E-state index contributed by atoms with van der Waals surface area (Å²) in [6.07, 6.45) is 2.86. The predicted molar refractivity (Wildman–Crippen MR) is 106 cm³/mol. The summed E-state index contributed by atoms with van der Waals surface area (Å²) in [5.74, 6) is -0.117. The van der Waals surface area contributed by atoms with Gasteiger partial charge >= 0.3 is 0 Å². The molecule has 1 aliphatic carbocycles. The molecule has 0 bridgehead atoms. The van der Waals surface area contributed by atoms with E-state index in [0.29, 0.717) is 13.0 Å². The number of hydrogen-bond acceptors (Lipinski definition) is 5. The van der Waals surface area contributed by atoms with Gasteiger partial charge in [-0.25, -0.2) is 13.2 Å². The van der Waals surface area contributed by atoms with Crippen LogP contribution in [0.15, 0.2) is 35.4 Å². The summed E-state index contributed by atoms with van der Waals surface area (Å²) in [6.45, 7) is 6.17. The number of nitrogens with zero attached hydrogens (tertiary/aromatic N) is 2. The largest absolute Gasteiger partial charge is 0.388 e. The molecule has 1 saturated carbocycles. The van der Waals surface area contributed by atoms with E-state index >= 15 is 0 Å².